The van der Waals surface area contributed by atoms with Crippen molar-refractivity contribution in [3.63, 3.8) is 0 Å². The minimum absolute atomic E-state index is 0.133. The van der Waals surface area contributed by atoms with E-state index in [-0.39, 0.29) is 19.1 Å². The molecule has 0 aliphatic heterocycles. The van der Waals surface area contributed by atoms with E-state index < -0.39 is 6.10 Å². The first-order chi connectivity index (χ1) is 8.99. The van der Waals surface area contributed by atoms with Crippen molar-refractivity contribution in [3.8, 4) is 0 Å². The number of carbonyl (C=O) groups excluding carboxylic acids is 1. The highest BCUT2D eigenvalue weighted by Crippen LogP contribution is 2.20. The first kappa shape index (κ1) is 15.9. The lowest BCUT2D eigenvalue weighted by Crippen LogP contribution is -2.35. The molecule has 1 aromatic rings. The monoisotopic (exact) mass is 285 g/mol. The van der Waals surface area contributed by atoms with Gasteiger partial charge in [-0.15, -0.1) is 11.8 Å². The molecule has 0 aromatic carbocycles. The molecule has 0 saturated heterocycles. The molecule has 0 spiro atoms. The first-order valence-corrected chi connectivity index (χ1v) is 7.06. The van der Waals surface area contributed by atoms with Crippen LogP contribution in [0.2, 0.25) is 0 Å². The van der Waals surface area contributed by atoms with E-state index >= 15 is 0 Å². The zero-order valence-electron chi connectivity index (χ0n) is 11.6. The number of rotatable bonds is 6. The highest BCUT2D eigenvalue weighted by atomic mass is 32.2. The van der Waals surface area contributed by atoms with Crippen LogP contribution in [0, 0.1) is 13.8 Å². The van der Waals surface area contributed by atoms with Gasteiger partial charge in [-0.2, -0.15) is 0 Å². The van der Waals surface area contributed by atoms with Gasteiger partial charge in [0.1, 0.15) is 10.9 Å². The molecule has 1 unspecified atom stereocenters. The molecule has 1 heterocycles. The second-order valence-electron chi connectivity index (χ2n) is 4.06. The summed E-state index contributed by atoms with van der Waals surface area (Å²) in [4.78, 5) is 20.5. The SMILES string of the molecule is COCC(O)CNC(=O)c1c(C)nc(C)nc1SC. The summed E-state index contributed by atoms with van der Waals surface area (Å²) in [5.41, 5.74) is 1.10. The molecule has 7 heteroatoms. The Morgan fingerprint density at radius 1 is 1.47 bits per heavy atom. The fraction of sp³-hybridized carbons (Fsp3) is 0.583. The van der Waals surface area contributed by atoms with Gasteiger partial charge in [0.15, 0.2) is 0 Å². The molecule has 106 valence electrons. The van der Waals surface area contributed by atoms with E-state index in [4.69, 9.17) is 4.74 Å². The number of ether oxygens (including phenoxy) is 1. The summed E-state index contributed by atoms with van der Waals surface area (Å²) >= 11 is 1.40. The normalized spacial score (nSPS) is 12.3. The summed E-state index contributed by atoms with van der Waals surface area (Å²) in [5, 5.41) is 12.8. The summed E-state index contributed by atoms with van der Waals surface area (Å²) in [7, 11) is 1.49. The third-order valence-electron chi connectivity index (χ3n) is 2.45. The molecule has 1 amide bonds. The van der Waals surface area contributed by atoms with Crippen LogP contribution in [0.1, 0.15) is 21.9 Å². The number of hydrogen-bond acceptors (Lipinski definition) is 6. The number of nitrogens with one attached hydrogen (secondary N) is 1. The lowest BCUT2D eigenvalue weighted by molar-refractivity contribution is 0.0608. The van der Waals surface area contributed by atoms with E-state index in [0.717, 1.165) is 0 Å². The Kier molecular flexibility index (Phi) is 6.20. The van der Waals surface area contributed by atoms with Gasteiger partial charge in [-0.1, -0.05) is 0 Å². The number of thioether (sulfide) groups is 1. The minimum atomic E-state index is -0.724. The smallest absolute Gasteiger partial charge is 0.255 e. The van der Waals surface area contributed by atoms with Gasteiger partial charge >= 0.3 is 0 Å². The van der Waals surface area contributed by atoms with Gasteiger partial charge in [0.05, 0.1) is 24.0 Å². The van der Waals surface area contributed by atoms with Gasteiger partial charge in [-0.05, 0) is 20.1 Å². The molecule has 0 radical (unpaired) electrons. The lowest BCUT2D eigenvalue weighted by atomic mass is 10.2. The molecular weight excluding hydrogens is 266 g/mol. The van der Waals surface area contributed by atoms with E-state index in [0.29, 0.717) is 22.1 Å². The molecule has 1 aromatic heterocycles. The third-order valence-corrected chi connectivity index (χ3v) is 3.13. The van der Waals surface area contributed by atoms with E-state index in [9.17, 15) is 9.90 Å². The topological polar surface area (TPSA) is 84.3 Å². The van der Waals surface area contributed by atoms with Crippen molar-refractivity contribution in [1.29, 1.82) is 0 Å². The van der Waals surface area contributed by atoms with Crippen LogP contribution in [-0.4, -0.2) is 53.6 Å². The van der Waals surface area contributed by atoms with Gasteiger partial charge < -0.3 is 15.2 Å². The highest BCUT2D eigenvalue weighted by Gasteiger charge is 2.18. The number of hydrogen-bond donors (Lipinski definition) is 2. The standard InChI is InChI=1S/C12H19N3O3S/c1-7-10(12(19-4)15-8(2)14-7)11(17)13-5-9(16)6-18-3/h9,16H,5-6H2,1-4H3,(H,13,17). The Hall–Kier alpha value is -1.18. The number of aliphatic hydroxyl groups is 1. The van der Waals surface area contributed by atoms with E-state index in [1.54, 1.807) is 13.8 Å². The van der Waals surface area contributed by atoms with Gasteiger partial charge in [0.25, 0.3) is 5.91 Å². The van der Waals surface area contributed by atoms with Crippen molar-refractivity contribution in [1.82, 2.24) is 15.3 Å². The number of nitrogens with zero attached hydrogens (tertiary/aromatic N) is 2. The highest BCUT2D eigenvalue weighted by molar-refractivity contribution is 7.98. The molecule has 0 aliphatic carbocycles. The summed E-state index contributed by atoms with van der Waals surface area (Å²) in [6, 6.07) is 0. The van der Waals surface area contributed by atoms with Crippen molar-refractivity contribution in [2.45, 2.75) is 25.0 Å². The molecule has 0 fully saturated rings. The van der Waals surface area contributed by atoms with Crippen LogP contribution in [0.3, 0.4) is 0 Å². The van der Waals surface area contributed by atoms with E-state index in [2.05, 4.69) is 15.3 Å². The fourth-order valence-corrected chi connectivity index (χ4v) is 2.31. The minimum Gasteiger partial charge on any atom is -0.389 e. The van der Waals surface area contributed by atoms with Crippen molar-refractivity contribution in [2.75, 3.05) is 26.5 Å². The van der Waals surface area contributed by atoms with Gasteiger partial charge in [0.2, 0.25) is 0 Å². The number of amides is 1. The van der Waals surface area contributed by atoms with Crippen LogP contribution in [0.25, 0.3) is 0 Å². The average molecular weight is 285 g/mol. The van der Waals surface area contributed by atoms with Crippen LogP contribution in [0.5, 0.6) is 0 Å². The predicted octanol–water partition coefficient (Wildman–Crippen LogP) is 0.552. The zero-order valence-corrected chi connectivity index (χ0v) is 12.4. The van der Waals surface area contributed by atoms with Crippen LogP contribution in [0.4, 0.5) is 0 Å². The molecular formula is C12H19N3O3S. The molecule has 2 N–H and O–H groups in total. The summed E-state index contributed by atoms with van der Waals surface area (Å²) in [6.07, 6.45) is 1.14. The molecule has 1 atom stereocenters. The van der Waals surface area contributed by atoms with Crippen molar-refractivity contribution in [2.24, 2.45) is 0 Å². The lowest BCUT2D eigenvalue weighted by Gasteiger charge is -2.13. The molecule has 0 saturated carbocycles. The van der Waals surface area contributed by atoms with Gasteiger partial charge in [0, 0.05) is 13.7 Å². The number of methoxy groups -OCH3 is 1. The van der Waals surface area contributed by atoms with Crippen molar-refractivity contribution < 1.29 is 14.6 Å². The Bertz CT molecular complexity index is 454. The summed E-state index contributed by atoms with van der Waals surface area (Å²) in [6.45, 7) is 3.87. The van der Waals surface area contributed by atoms with Gasteiger partial charge in [-0.25, -0.2) is 9.97 Å². The Labute approximate surface area is 117 Å². The van der Waals surface area contributed by atoms with Crippen LogP contribution in [0.15, 0.2) is 5.03 Å². The first-order valence-electron chi connectivity index (χ1n) is 5.84. The fourth-order valence-electron chi connectivity index (χ4n) is 1.64. The van der Waals surface area contributed by atoms with Crippen molar-refractivity contribution >= 4 is 17.7 Å². The molecule has 19 heavy (non-hydrogen) atoms. The number of aryl methyl sites for hydroxylation is 2. The second kappa shape index (κ2) is 7.42. The summed E-state index contributed by atoms with van der Waals surface area (Å²) < 4.78 is 4.80. The molecule has 1 rings (SSSR count). The molecule has 6 nitrogen and oxygen atoms in total. The largest absolute Gasteiger partial charge is 0.389 e. The molecule has 0 aliphatic rings. The average Bonchev–Trinajstić information content (AvgIpc) is 2.35. The number of aliphatic hydroxyl groups excluding tert-OH is 1. The summed E-state index contributed by atoms with van der Waals surface area (Å²) in [5.74, 6) is 0.356. The van der Waals surface area contributed by atoms with E-state index in [1.165, 1.54) is 18.9 Å². The zero-order chi connectivity index (χ0) is 14.4. The Morgan fingerprint density at radius 3 is 2.74 bits per heavy atom. The quantitative estimate of drug-likeness (QED) is 0.586. The second-order valence-corrected chi connectivity index (χ2v) is 4.85. The van der Waals surface area contributed by atoms with Crippen LogP contribution in [-0.2, 0) is 4.74 Å². The van der Waals surface area contributed by atoms with Crippen LogP contribution < -0.4 is 5.32 Å². The maximum atomic E-state index is 12.1. The number of aromatic nitrogens is 2. The molecule has 0 bridgehead atoms. The van der Waals surface area contributed by atoms with Crippen LogP contribution >= 0.6 is 11.8 Å². The maximum absolute atomic E-state index is 12.1. The third kappa shape index (κ3) is 4.45. The van der Waals surface area contributed by atoms with Crippen molar-refractivity contribution in [3.05, 3.63) is 17.1 Å². The number of carbonyl (C=O) groups is 1. The maximum Gasteiger partial charge on any atom is 0.255 e. The van der Waals surface area contributed by atoms with Gasteiger partial charge in [-0.3, -0.25) is 4.79 Å². The predicted molar refractivity (Wildman–Crippen MR) is 73.5 cm³/mol. The Morgan fingerprint density at radius 2 is 2.16 bits per heavy atom. The van der Waals surface area contributed by atoms with E-state index in [1.807, 2.05) is 6.26 Å². The Balaban J connectivity index is 2.82.